The standard InChI is InChI=1S/C22H19FN4O/c23-19-8-2-4-10-21(19)27-22(28)26-13-17(15-6-5-11-24-12-15)18-14-25-20-9-3-1-7-16(18)20/h1-12,14,17,25H,13H2,(H2,26,27,28). The third-order valence-corrected chi connectivity index (χ3v) is 4.67. The number of fused-ring (bicyclic) bond motifs is 1. The molecule has 5 nitrogen and oxygen atoms in total. The molecule has 0 aliphatic rings. The minimum absolute atomic E-state index is 0.101. The van der Waals surface area contributed by atoms with Crippen molar-refractivity contribution in [3.05, 3.63) is 96.2 Å². The van der Waals surface area contributed by atoms with E-state index in [1.165, 1.54) is 12.1 Å². The van der Waals surface area contributed by atoms with Crippen LogP contribution in [0.4, 0.5) is 14.9 Å². The van der Waals surface area contributed by atoms with E-state index < -0.39 is 11.8 Å². The molecular formula is C22H19FN4O. The van der Waals surface area contributed by atoms with Gasteiger partial charge in [0, 0.05) is 42.0 Å². The molecule has 0 spiro atoms. The number of para-hydroxylation sites is 2. The van der Waals surface area contributed by atoms with E-state index in [2.05, 4.69) is 20.6 Å². The number of halogens is 1. The molecule has 2 aromatic carbocycles. The predicted molar refractivity (Wildman–Crippen MR) is 108 cm³/mol. The van der Waals surface area contributed by atoms with Crippen LogP contribution in [0.3, 0.4) is 0 Å². The number of aromatic nitrogens is 2. The molecule has 3 N–H and O–H groups in total. The zero-order valence-corrected chi connectivity index (χ0v) is 15.0. The summed E-state index contributed by atoms with van der Waals surface area (Å²) >= 11 is 0. The van der Waals surface area contributed by atoms with Gasteiger partial charge in [0.15, 0.2) is 0 Å². The molecule has 1 atom stereocenters. The summed E-state index contributed by atoms with van der Waals surface area (Å²) in [7, 11) is 0. The van der Waals surface area contributed by atoms with Crippen LogP contribution in [0.2, 0.25) is 0 Å². The van der Waals surface area contributed by atoms with E-state index in [0.29, 0.717) is 6.54 Å². The van der Waals surface area contributed by atoms with Gasteiger partial charge in [0.05, 0.1) is 5.69 Å². The highest BCUT2D eigenvalue weighted by Gasteiger charge is 2.19. The number of rotatable bonds is 5. The van der Waals surface area contributed by atoms with Gasteiger partial charge < -0.3 is 15.6 Å². The van der Waals surface area contributed by atoms with Gasteiger partial charge >= 0.3 is 6.03 Å². The summed E-state index contributed by atoms with van der Waals surface area (Å²) in [6.07, 6.45) is 5.47. The molecule has 6 heteroatoms. The Morgan fingerprint density at radius 2 is 1.89 bits per heavy atom. The number of carbonyl (C=O) groups is 1. The molecule has 140 valence electrons. The van der Waals surface area contributed by atoms with E-state index in [9.17, 15) is 9.18 Å². The highest BCUT2D eigenvalue weighted by atomic mass is 19.1. The van der Waals surface area contributed by atoms with Gasteiger partial charge in [-0.25, -0.2) is 9.18 Å². The Kier molecular flexibility index (Phi) is 5.01. The molecule has 2 aromatic heterocycles. The van der Waals surface area contributed by atoms with E-state index in [1.807, 2.05) is 42.6 Å². The fourth-order valence-corrected chi connectivity index (χ4v) is 3.30. The molecule has 0 aliphatic heterocycles. The predicted octanol–water partition coefficient (Wildman–Crippen LogP) is 4.66. The van der Waals surface area contributed by atoms with Crippen LogP contribution in [0.15, 0.2) is 79.3 Å². The van der Waals surface area contributed by atoms with Gasteiger partial charge in [-0.05, 0) is 35.4 Å². The molecule has 0 saturated carbocycles. The quantitative estimate of drug-likeness (QED) is 0.476. The zero-order valence-electron chi connectivity index (χ0n) is 15.0. The lowest BCUT2D eigenvalue weighted by molar-refractivity contribution is 0.251. The first kappa shape index (κ1) is 17.7. The Hall–Kier alpha value is -3.67. The zero-order chi connectivity index (χ0) is 19.3. The summed E-state index contributed by atoms with van der Waals surface area (Å²) in [4.78, 5) is 19.8. The smallest absolute Gasteiger partial charge is 0.319 e. The first-order valence-electron chi connectivity index (χ1n) is 8.97. The van der Waals surface area contributed by atoms with Crippen LogP contribution in [0, 0.1) is 5.82 Å². The second kappa shape index (κ2) is 7.92. The van der Waals surface area contributed by atoms with Crippen molar-refractivity contribution < 1.29 is 9.18 Å². The second-order valence-electron chi connectivity index (χ2n) is 6.44. The molecule has 28 heavy (non-hydrogen) atoms. The normalized spacial score (nSPS) is 11.9. The summed E-state index contributed by atoms with van der Waals surface area (Å²) in [5.41, 5.74) is 3.22. The molecule has 4 aromatic rings. The molecule has 0 radical (unpaired) electrons. The minimum Gasteiger partial charge on any atom is -0.361 e. The molecular weight excluding hydrogens is 355 g/mol. The molecule has 0 saturated heterocycles. The number of nitrogens with one attached hydrogen (secondary N) is 3. The van der Waals surface area contributed by atoms with Gasteiger partial charge in [-0.1, -0.05) is 36.4 Å². The molecule has 2 amide bonds. The van der Waals surface area contributed by atoms with Crippen LogP contribution in [0.25, 0.3) is 10.9 Å². The Morgan fingerprint density at radius 1 is 1.07 bits per heavy atom. The van der Waals surface area contributed by atoms with Crippen LogP contribution in [0.5, 0.6) is 0 Å². The number of hydrogen-bond acceptors (Lipinski definition) is 2. The summed E-state index contributed by atoms with van der Waals surface area (Å²) < 4.78 is 13.8. The van der Waals surface area contributed by atoms with Crippen LogP contribution in [-0.2, 0) is 0 Å². The third kappa shape index (κ3) is 3.71. The van der Waals surface area contributed by atoms with Crippen molar-refractivity contribution in [3.8, 4) is 0 Å². The number of urea groups is 1. The Labute approximate surface area is 161 Å². The van der Waals surface area contributed by atoms with Gasteiger partial charge in [0.1, 0.15) is 5.82 Å². The van der Waals surface area contributed by atoms with E-state index in [-0.39, 0.29) is 11.6 Å². The van der Waals surface area contributed by atoms with Crippen molar-refractivity contribution in [2.75, 3.05) is 11.9 Å². The highest BCUT2D eigenvalue weighted by Crippen LogP contribution is 2.30. The van der Waals surface area contributed by atoms with Gasteiger partial charge in [0.25, 0.3) is 0 Å². The topological polar surface area (TPSA) is 69.8 Å². The molecule has 0 fully saturated rings. The fraction of sp³-hybridized carbons (Fsp3) is 0.0909. The first-order chi connectivity index (χ1) is 13.7. The molecule has 2 heterocycles. The third-order valence-electron chi connectivity index (χ3n) is 4.67. The van der Waals surface area contributed by atoms with Crippen molar-refractivity contribution in [2.45, 2.75) is 5.92 Å². The number of H-pyrrole nitrogens is 1. The lowest BCUT2D eigenvalue weighted by Gasteiger charge is -2.18. The molecule has 4 rings (SSSR count). The summed E-state index contributed by atoms with van der Waals surface area (Å²) in [5.74, 6) is -0.575. The second-order valence-corrected chi connectivity index (χ2v) is 6.44. The Balaban J connectivity index is 1.57. The van der Waals surface area contributed by atoms with Crippen LogP contribution >= 0.6 is 0 Å². The SMILES string of the molecule is O=C(NCC(c1cccnc1)c1c[nH]c2ccccc12)Nc1ccccc1F. The highest BCUT2D eigenvalue weighted by molar-refractivity contribution is 5.89. The number of carbonyl (C=O) groups excluding carboxylic acids is 1. The fourth-order valence-electron chi connectivity index (χ4n) is 3.30. The van der Waals surface area contributed by atoms with Crippen LogP contribution in [0.1, 0.15) is 17.0 Å². The van der Waals surface area contributed by atoms with Crippen molar-refractivity contribution in [3.63, 3.8) is 0 Å². The summed E-state index contributed by atoms with van der Waals surface area (Å²) in [6.45, 7) is 0.341. The first-order valence-corrected chi connectivity index (χ1v) is 8.97. The lowest BCUT2D eigenvalue weighted by atomic mass is 9.92. The molecule has 1 unspecified atom stereocenters. The summed E-state index contributed by atoms with van der Waals surface area (Å²) in [5, 5.41) is 6.49. The number of pyridine rings is 1. The average molecular weight is 374 g/mol. The molecule has 0 aliphatic carbocycles. The van der Waals surface area contributed by atoms with E-state index in [1.54, 1.807) is 24.5 Å². The number of aromatic amines is 1. The maximum Gasteiger partial charge on any atom is 0.319 e. The minimum atomic E-state index is -0.474. The van der Waals surface area contributed by atoms with Crippen LogP contribution < -0.4 is 10.6 Å². The van der Waals surface area contributed by atoms with E-state index >= 15 is 0 Å². The number of amides is 2. The maximum atomic E-state index is 13.8. The number of hydrogen-bond donors (Lipinski definition) is 3. The monoisotopic (exact) mass is 374 g/mol. The lowest BCUT2D eigenvalue weighted by Crippen LogP contribution is -2.33. The van der Waals surface area contributed by atoms with E-state index in [4.69, 9.17) is 0 Å². The van der Waals surface area contributed by atoms with Crippen LogP contribution in [-0.4, -0.2) is 22.5 Å². The summed E-state index contributed by atoms with van der Waals surface area (Å²) in [6, 6.07) is 17.5. The van der Waals surface area contributed by atoms with Crippen molar-refractivity contribution in [2.24, 2.45) is 0 Å². The van der Waals surface area contributed by atoms with E-state index in [0.717, 1.165) is 22.0 Å². The average Bonchev–Trinajstić information content (AvgIpc) is 3.15. The van der Waals surface area contributed by atoms with Gasteiger partial charge in [-0.15, -0.1) is 0 Å². The number of nitrogens with zero attached hydrogens (tertiary/aromatic N) is 1. The van der Waals surface area contributed by atoms with Gasteiger partial charge in [0.2, 0.25) is 0 Å². The maximum absolute atomic E-state index is 13.8. The largest absolute Gasteiger partial charge is 0.361 e. The van der Waals surface area contributed by atoms with Crippen molar-refractivity contribution in [1.29, 1.82) is 0 Å². The number of benzene rings is 2. The van der Waals surface area contributed by atoms with Gasteiger partial charge in [-0.2, -0.15) is 0 Å². The van der Waals surface area contributed by atoms with Crippen molar-refractivity contribution in [1.82, 2.24) is 15.3 Å². The van der Waals surface area contributed by atoms with Crippen molar-refractivity contribution >= 4 is 22.6 Å². The molecule has 0 bridgehead atoms. The van der Waals surface area contributed by atoms with Gasteiger partial charge in [-0.3, -0.25) is 4.98 Å². The Bertz CT molecular complexity index is 1090. The number of anilines is 1. The Morgan fingerprint density at radius 3 is 2.71 bits per heavy atom.